The van der Waals surface area contributed by atoms with Gasteiger partial charge in [0, 0.05) is 12.1 Å². The van der Waals surface area contributed by atoms with Crippen molar-refractivity contribution in [2.45, 2.75) is 51.9 Å². The van der Waals surface area contributed by atoms with Gasteiger partial charge in [0.15, 0.2) is 11.5 Å². The molecule has 24 heavy (non-hydrogen) atoms. The number of aromatic nitrogens is 5. The van der Waals surface area contributed by atoms with Crippen LogP contribution in [0.5, 0.6) is 0 Å². The normalized spacial score (nSPS) is 18.1. The van der Waals surface area contributed by atoms with Crippen LogP contribution in [-0.2, 0) is 0 Å². The molecule has 1 aliphatic carbocycles. The summed E-state index contributed by atoms with van der Waals surface area (Å²) in [6, 6.07) is 3.84. The summed E-state index contributed by atoms with van der Waals surface area (Å²) in [5, 5.41) is 0. The quantitative estimate of drug-likeness (QED) is 0.719. The van der Waals surface area contributed by atoms with E-state index in [1.807, 2.05) is 29.1 Å². The first kappa shape index (κ1) is 15.2. The zero-order chi connectivity index (χ0) is 16.6. The third kappa shape index (κ3) is 2.48. The second-order valence-electron chi connectivity index (χ2n) is 7.08. The van der Waals surface area contributed by atoms with E-state index in [0.717, 1.165) is 29.1 Å². The first-order valence-corrected chi connectivity index (χ1v) is 8.82. The molecule has 0 aliphatic heterocycles. The van der Waals surface area contributed by atoms with Gasteiger partial charge in [-0.15, -0.1) is 0 Å². The largest absolute Gasteiger partial charge is 0.266 e. The van der Waals surface area contributed by atoms with Gasteiger partial charge in [0.2, 0.25) is 0 Å². The number of pyridine rings is 1. The molecule has 0 aromatic carbocycles. The molecule has 1 unspecified atom stereocenters. The van der Waals surface area contributed by atoms with Crippen LogP contribution in [0, 0.1) is 5.41 Å². The molecule has 0 radical (unpaired) electrons. The van der Waals surface area contributed by atoms with Gasteiger partial charge in [-0.3, -0.25) is 9.55 Å². The predicted molar refractivity (Wildman–Crippen MR) is 94.1 cm³/mol. The summed E-state index contributed by atoms with van der Waals surface area (Å²) in [6.45, 7) is 4.67. The molecule has 1 saturated carbocycles. The first-order chi connectivity index (χ1) is 11.7. The number of nitrogens with zero attached hydrogens (tertiary/aromatic N) is 5. The van der Waals surface area contributed by atoms with Crippen molar-refractivity contribution in [2.24, 2.45) is 5.41 Å². The Morgan fingerprint density at radius 1 is 1.12 bits per heavy atom. The Kier molecular flexibility index (Phi) is 3.79. The molecular formula is C19H23N5. The Bertz CT molecular complexity index is 830. The van der Waals surface area contributed by atoms with Crippen LogP contribution in [0.1, 0.15) is 57.6 Å². The molecule has 3 heterocycles. The maximum absolute atomic E-state index is 4.76. The third-order valence-electron chi connectivity index (χ3n) is 5.56. The van der Waals surface area contributed by atoms with Gasteiger partial charge < -0.3 is 0 Å². The molecule has 0 bridgehead atoms. The van der Waals surface area contributed by atoms with Crippen LogP contribution in [0.25, 0.3) is 17.0 Å². The number of hydrogen-bond donors (Lipinski definition) is 0. The van der Waals surface area contributed by atoms with Gasteiger partial charge in [-0.2, -0.15) is 0 Å². The highest BCUT2D eigenvalue weighted by atomic mass is 15.2. The zero-order valence-electron chi connectivity index (χ0n) is 14.3. The summed E-state index contributed by atoms with van der Waals surface area (Å²) in [5.74, 6) is 1.26. The van der Waals surface area contributed by atoms with Crippen molar-refractivity contribution in [1.82, 2.24) is 24.5 Å². The Hall–Kier alpha value is -2.30. The average molecular weight is 321 g/mol. The molecule has 1 fully saturated rings. The van der Waals surface area contributed by atoms with E-state index in [4.69, 9.17) is 4.98 Å². The van der Waals surface area contributed by atoms with E-state index < -0.39 is 0 Å². The van der Waals surface area contributed by atoms with Crippen molar-refractivity contribution in [2.75, 3.05) is 0 Å². The van der Waals surface area contributed by atoms with Crippen molar-refractivity contribution in [1.29, 1.82) is 0 Å². The maximum atomic E-state index is 4.76. The molecule has 0 saturated heterocycles. The van der Waals surface area contributed by atoms with Crippen molar-refractivity contribution >= 4 is 11.2 Å². The highest BCUT2D eigenvalue weighted by Gasteiger charge is 2.37. The molecule has 0 N–H and O–H groups in total. The van der Waals surface area contributed by atoms with Crippen molar-refractivity contribution in [3.8, 4) is 5.82 Å². The number of fused-ring (bicyclic) bond motifs is 1. The highest BCUT2D eigenvalue weighted by Crippen LogP contribution is 2.49. The molecule has 0 spiro atoms. The van der Waals surface area contributed by atoms with Crippen LogP contribution in [-0.4, -0.2) is 24.5 Å². The van der Waals surface area contributed by atoms with Gasteiger partial charge in [0.1, 0.15) is 11.8 Å². The summed E-state index contributed by atoms with van der Waals surface area (Å²) >= 11 is 0. The molecule has 4 rings (SSSR count). The molecule has 1 aliphatic rings. The fraction of sp³-hybridized carbons (Fsp3) is 0.474. The fourth-order valence-corrected chi connectivity index (χ4v) is 4.24. The summed E-state index contributed by atoms with van der Waals surface area (Å²) in [5.41, 5.74) is 3.17. The Balaban J connectivity index is 1.67. The summed E-state index contributed by atoms with van der Waals surface area (Å²) in [7, 11) is 0. The molecular weight excluding hydrogens is 298 g/mol. The van der Waals surface area contributed by atoms with E-state index in [0.29, 0.717) is 11.3 Å². The molecule has 124 valence electrons. The lowest BCUT2D eigenvalue weighted by atomic mass is 9.73. The smallest absolute Gasteiger partial charge is 0.165 e. The lowest BCUT2D eigenvalue weighted by Gasteiger charge is -2.33. The van der Waals surface area contributed by atoms with Crippen molar-refractivity contribution < 1.29 is 0 Å². The van der Waals surface area contributed by atoms with Crippen LogP contribution < -0.4 is 0 Å². The molecule has 5 nitrogen and oxygen atoms in total. The number of rotatable bonds is 4. The van der Waals surface area contributed by atoms with Gasteiger partial charge in [-0.25, -0.2) is 15.0 Å². The van der Waals surface area contributed by atoms with E-state index in [9.17, 15) is 0 Å². The maximum Gasteiger partial charge on any atom is 0.165 e. The van der Waals surface area contributed by atoms with Crippen LogP contribution in [0.2, 0.25) is 0 Å². The van der Waals surface area contributed by atoms with Crippen molar-refractivity contribution in [3.63, 3.8) is 0 Å². The van der Waals surface area contributed by atoms with E-state index in [1.54, 1.807) is 12.5 Å². The third-order valence-corrected chi connectivity index (χ3v) is 5.56. The Morgan fingerprint density at radius 2 is 1.96 bits per heavy atom. The standard InChI is InChI=1S/C19H23N5/c1-3-14(19(2)8-4-5-9-19)16-11-22-17(12-21-16)24-13-23-15-7-6-10-20-18(15)24/h6-7,10-14H,3-5,8-9H2,1-2H3. The topological polar surface area (TPSA) is 56.5 Å². The van der Waals surface area contributed by atoms with Crippen LogP contribution in [0.3, 0.4) is 0 Å². The molecule has 3 aromatic heterocycles. The molecule has 5 heteroatoms. The minimum atomic E-state index is 0.369. The fourth-order valence-electron chi connectivity index (χ4n) is 4.24. The minimum Gasteiger partial charge on any atom is -0.266 e. The van der Waals surface area contributed by atoms with E-state index in [1.165, 1.54) is 25.7 Å². The van der Waals surface area contributed by atoms with Crippen LogP contribution in [0.15, 0.2) is 37.1 Å². The second kappa shape index (κ2) is 5.96. The van der Waals surface area contributed by atoms with Crippen LogP contribution in [0.4, 0.5) is 0 Å². The highest BCUT2D eigenvalue weighted by molar-refractivity contribution is 5.71. The van der Waals surface area contributed by atoms with E-state index in [-0.39, 0.29) is 0 Å². The lowest BCUT2D eigenvalue weighted by molar-refractivity contribution is 0.250. The predicted octanol–water partition coefficient (Wildman–Crippen LogP) is 4.28. The first-order valence-electron chi connectivity index (χ1n) is 8.82. The van der Waals surface area contributed by atoms with Gasteiger partial charge in [0.05, 0.1) is 18.1 Å². The van der Waals surface area contributed by atoms with Crippen molar-refractivity contribution in [3.05, 3.63) is 42.7 Å². The summed E-state index contributed by atoms with van der Waals surface area (Å²) in [6.07, 6.45) is 13.7. The molecule has 1 atom stereocenters. The Morgan fingerprint density at radius 3 is 2.67 bits per heavy atom. The zero-order valence-corrected chi connectivity index (χ0v) is 14.3. The number of hydrogen-bond acceptors (Lipinski definition) is 4. The van der Waals surface area contributed by atoms with Gasteiger partial charge >= 0.3 is 0 Å². The van der Waals surface area contributed by atoms with E-state index >= 15 is 0 Å². The Labute approximate surface area is 142 Å². The van der Waals surface area contributed by atoms with E-state index in [2.05, 4.69) is 28.8 Å². The minimum absolute atomic E-state index is 0.369. The summed E-state index contributed by atoms with van der Waals surface area (Å²) < 4.78 is 1.89. The van der Waals surface area contributed by atoms with Crippen LogP contribution >= 0.6 is 0 Å². The second-order valence-corrected chi connectivity index (χ2v) is 7.08. The van der Waals surface area contributed by atoms with Gasteiger partial charge in [-0.1, -0.05) is 26.7 Å². The van der Waals surface area contributed by atoms with Gasteiger partial charge in [0.25, 0.3) is 0 Å². The average Bonchev–Trinajstić information content (AvgIpc) is 3.23. The molecule has 0 amide bonds. The number of imidazole rings is 1. The monoisotopic (exact) mass is 321 g/mol. The molecule has 3 aromatic rings. The summed E-state index contributed by atoms with van der Waals surface area (Å²) in [4.78, 5) is 18.2. The van der Waals surface area contributed by atoms with Gasteiger partial charge in [-0.05, 0) is 36.8 Å². The lowest BCUT2D eigenvalue weighted by Crippen LogP contribution is -2.23. The SMILES string of the molecule is CCC(c1cnc(-n2cnc3cccnc32)cn1)C1(C)CCCC1.